The minimum absolute atomic E-state index is 0.368. The standard InChI is InChI=1S/C19H16ClN3O3/c1-12-8-18(22-17-7-4-14(20)9-16(12)17)23-21-10-13-2-5-15(6-3-13)26-11-19(24)25/h2-10H,11H2,1H3,(H,22,23)(H,24,25)/b21-10-. The highest BCUT2D eigenvalue weighted by Crippen LogP contribution is 2.23. The summed E-state index contributed by atoms with van der Waals surface area (Å²) in [5, 5.41) is 14.5. The van der Waals surface area contributed by atoms with Gasteiger partial charge in [-0.25, -0.2) is 9.78 Å². The van der Waals surface area contributed by atoms with Crippen LogP contribution >= 0.6 is 11.6 Å². The van der Waals surface area contributed by atoms with Crippen LogP contribution in [0, 0.1) is 6.92 Å². The second-order valence-electron chi connectivity index (χ2n) is 5.61. The van der Waals surface area contributed by atoms with Crippen LogP contribution in [0.25, 0.3) is 10.9 Å². The first-order valence-corrected chi connectivity index (χ1v) is 8.20. The van der Waals surface area contributed by atoms with E-state index in [4.69, 9.17) is 21.4 Å². The van der Waals surface area contributed by atoms with E-state index >= 15 is 0 Å². The molecule has 6 nitrogen and oxygen atoms in total. The van der Waals surface area contributed by atoms with Crippen LogP contribution in [-0.2, 0) is 4.79 Å². The van der Waals surface area contributed by atoms with E-state index in [1.54, 1.807) is 36.5 Å². The monoisotopic (exact) mass is 369 g/mol. The van der Waals surface area contributed by atoms with E-state index in [9.17, 15) is 4.79 Å². The number of pyridine rings is 1. The topological polar surface area (TPSA) is 83.8 Å². The number of rotatable bonds is 6. The van der Waals surface area contributed by atoms with Crippen LogP contribution in [-0.4, -0.2) is 28.9 Å². The van der Waals surface area contributed by atoms with Crippen molar-refractivity contribution in [2.45, 2.75) is 6.92 Å². The molecule has 1 heterocycles. The van der Waals surface area contributed by atoms with E-state index < -0.39 is 5.97 Å². The van der Waals surface area contributed by atoms with Crippen molar-refractivity contribution in [3.05, 3.63) is 64.7 Å². The lowest BCUT2D eigenvalue weighted by molar-refractivity contribution is -0.139. The summed E-state index contributed by atoms with van der Waals surface area (Å²) in [4.78, 5) is 15.0. The summed E-state index contributed by atoms with van der Waals surface area (Å²) in [6.45, 7) is 1.62. The molecule has 2 aromatic carbocycles. The number of hydrogen-bond acceptors (Lipinski definition) is 5. The van der Waals surface area contributed by atoms with Gasteiger partial charge in [0.1, 0.15) is 11.6 Å². The molecule has 1 aromatic heterocycles. The second-order valence-corrected chi connectivity index (χ2v) is 6.04. The molecule has 3 rings (SSSR count). The number of halogens is 1. The number of nitrogens with one attached hydrogen (secondary N) is 1. The Morgan fingerprint density at radius 1 is 1.27 bits per heavy atom. The molecular formula is C19H16ClN3O3. The van der Waals surface area contributed by atoms with Crippen molar-refractivity contribution in [1.29, 1.82) is 0 Å². The number of fused-ring (bicyclic) bond motifs is 1. The van der Waals surface area contributed by atoms with Crippen LogP contribution in [0.1, 0.15) is 11.1 Å². The van der Waals surface area contributed by atoms with Crippen molar-refractivity contribution in [1.82, 2.24) is 4.98 Å². The molecule has 0 aliphatic carbocycles. The van der Waals surface area contributed by atoms with Crippen LogP contribution < -0.4 is 10.2 Å². The van der Waals surface area contributed by atoms with Gasteiger partial charge in [0.25, 0.3) is 0 Å². The van der Waals surface area contributed by atoms with Gasteiger partial charge in [-0.05, 0) is 66.6 Å². The molecule has 2 N–H and O–H groups in total. The van der Waals surface area contributed by atoms with Gasteiger partial charge in [0, 0.05) is 10.4 Å². The van der Waals surface area contributed by atoms with E-state index in [1.165, 1.54) is 0 Å². The minimum atomic E-state index is -1.01. The van der Waals surface area contributed by atoms with Gasteiger partial charge in [-0.2, -0.15) is 5.10 Å². The zero-order valence-electron chi connectivity index (χ0n) is 13.9. The zero-order valence-corrected chi connectivity index (χ0v) is 14.7. The quantitative estimate of drug-likeness (QED) is 0.504. The molecule has 0 saturated heterocycles. The summed E-state index contributed by atoms with van der Waals surface area (Å²) < 4.78 is 5.08. The first-order chi connectivity index (χ1) is 12.5. The first kappa shape index (κ1) is 17.7. The number of aromatic nitrogens is 1. The Bertz CT molecular complexity index is 972. The molecule has 3 aromatic rings. The predicted molar refractivity (Wildman–Crippen MR) is 102 cm³/mol. The molecule has 0 aliphatic heterocycles. The van der Waals surface area contributed by atoms with Crippen LogP contribution in [0.4, 0.5) is 5.82 Å². The number of aryl methyl sites for hydroxylation is 1. The summed E-state index contributed by atoms with van der Waals surface area (Å²) in [6.07, 6.45) is 1.64. The maximum absolute atomic E-state index is 10.5. The lowest BCUT2D eigenvalue weighted by Crippen LogP contribution is -2.09. The van der Waals surface area contributed by atoms with Crippen molar-refractivity contribution < 1.29 is 14.6 Å². The van der Waals surface area contributed by atoms with Gasteiger partial charge >= 0.3 is 5.97 Å². The number of hydrogen-bond donors (Lipinski definition) is 2. The van der Waals surface area contributed by atoms with Gasteiger partial charge in [0.15, 0.2) is 6.61 Å². The molecule has 0 radical (unpaired) electrons. The number of aliphatic carboxylic acids is 1. The van der Waals surface area contributed by atoms with E-state index in [0.717, 1.165) is 22.0 Å². The molecule has 0 aliphatic rings. The number of anilines is 1. The first-order valence-electron chi connectivity index (χ1n) is 7.82. The fourth-order valence-electron chi connectivity index (χ4n) is 2.39. The fourth-order valence-corrected chi connectivity index (χ4v) is 2.56. The summed E-state index contributed by atoms with van der Waals surface area (Å²) in [6, 6.07) is 14.4. The molecule has 132 valence electrons. The molecule has 0 amide bonds. The van der Waals surface area contributed by atoms with Crippen molar-refractivity contribution >= 4 is 40.5 Å². The van der Waals surface area contributed by atoms with E-state index in [0.29, 0.717) is 16.6 Å². The molecule has 0 saturated carbocycles. The molecule has 0 fully saturated rings. The molecule has 26 heavy (non-hydrogen) atoms. The summed E-state index contributed by atoms with van der Waals surface area (Å²) in [7, 11) is 0. The van der Waals surface area contributed by atoms with Gasteiger partial charge < -0.3 is 9.84 Å². The second kappa shape index (κ2) is 7.84. The summed E-state index contributed by atoms with van der Waals surface area (Å²) >= 11 is 6.02. The van der Waals surface area contributed by atoms with Crippen LogP contribution in [0.15, 0.2) is 53.6 Å². The van der Waals surface area contributed by atoms with Gasteiger partial charge in [-0.1, -0.05) is 11.6 Å². The SMILES string of the molecule is Cc1cc(N/N=C\c2ccc(OCC(=O)O)cc2)nc2ccc(Cl)cc12. The molecule has 0 bridgehead atoms. The average molecular weight is 370 g/mol. The number of carbonyl (C=O) groups is 1. The Labute approximate surface area is 155 Å². The van der Waals surface area contributed by atoms with Gasteiger partial charge in [0.2, 0.25) is 0 Å². The van der Waals surface area contributed by atoms with Crippen LogP contribution in [0.3, 0.4) is 0 Å². The van der Waals surface area contributed by atoms with E-state index in [2.05, 4.69) is 15.5 Å². The normalized spacial score (nSPS) is 11.0. The fraction of sp³-hybridized carbons (Fsp3) is 0.105. The lowest BCUT2D eigenvalue weighted by atomic mass is 10.1. The third kappa shape index (κ3) is 4.49. The number of carboxylic acids is 1. The predicted octanol–water partition coefficient (Wildman–Crippen LogP) is 4.11. The largest absolute Gasteiger partial charge is 0.482 e. The molecule has 0 spiro atoms. The number of nitrogens with zero attached hydrogens (tertiary/aromatic N) is 2. The number of hydrazone groups is 1. The zero-order chi connectivity index (χ0) is 18.5. The smallest absolute Gasteiger partial charge is 0.341 e. The third-order valence-corrected chi connectivity index (χ3v) is 3.85. The number of carboxylic acid groups (broad SMARTS) is 1. The molecular weight excluding hydrogens is 354 g/mol. The highest BCUT2D eigenvalue weighted by molar-refractivity contribution is 6.31. The van der Waals surface area contributed by atoms with Crippen molar-refractivity contribution in [3.63, 3.8) is 0 Å². The Balaban J connectivity index is 1.67. The van der Waals surface area contributed by atoms with Crippen molar-refractivity contribution in [3.8, 4) is 5.75 Å². The minimum Gasteiger partial charge on any atom is -0.482 e. The number of ether oxygens (including phenoxy) is 1. The molecule has 7 heteroatoms. The van der Waals surface area contributed by atoms with Crippen LogP contribution in [0.5, 0.6) is 5.75 Å². The van der Waals surface area contributed by atoms with Crippen molar-refractivity contribution in [2.24, 2.45) is 5.10 Å². The summed E-state index contributed by atoms with van der Waals surface area (Å²) in [5.74, 6) is 0.110. The Kier molecular flexibility index (Phi) is 5.34. The Morgan fingerprint density at radius 3 is 2.77 bits per heavy atom. The number of benzene rings is 2. The highest BCUT2D eigenvalue weighted by atomic mass is 35.5. The Morgan fingerprint density at radius 2 is 2.04 bits per heavy atom. The van der Waals surface area contributed by atoms with E-state index in [-0.39, 0.29) is 6.61 Å². The third-order valence-electron chi connectivity index (χ3n) is 3.61. The highest BCUT2D eigenvalue weighted by Gasteiger charge is 2.03. The maximum Gasteiger partial charge on any atom is 0.341 e. The Hall–Kier alpha value is -3.12. The molecule has 0 atom stereocenters. The van der Waals surface area contributed by atoms with Gasteiger partial charge in [0.05, 0.1) is 11.7 Å². The lowest BCUT2D eigenvalue weighted by Gasteiger charge is -2.06. The molecule has 0 unspecified atom stereocenters. The summed E-state index contributed by atoms with van der Waals surface area (Å²) in [5.41, 5.74) is 5.64. The van der Waals surface area contributed by atoms with Gasteiger partial charge in [-0.3, -0.25) is 5.43 Å². The van der Waals surface area contributed by atoms with Crippen LogP contribution in [0.2, 0.25) is 5.02 Å². The van der Waals surface area contributed by atoms with E-state index in [1.807, 2.05) is 25.1 Å². The average Bonchev–Trinajstić information content (AvgIpc) is 2.62. The van der Waals surface area contributed by atoms with Gasteiger partial charge in [-0.15, -0.1) is 0 Å². The van der Waals surface area contributed by atoms with Crippen molar-refractivity contribution in [2.75, 3.05) is 12.0 Å². The maximum atomic E-state index is 10.5.